The first-order chi connectivity index (χ1) is 42.3. The number of nitrogens with one attached hydrogen (secondary N) is 2. The second-order valence-corrected chi connectivity index (χ2v) is 27.6. The summed E-state index contributed by atoms with van der Waals surface area (Å²) in [5.41, 5.74) is 15.7. The third-order valence-corrected chi connectivity index (χ3v) is 19.9. The van der Waals surface area contributed by atoms with E-state index >= 15 is 0 Å². The van der Waals surface area contributed by atoms with Gasteiger partial charge < -0.3 is 34.8 Å². The molecule has 1 saturated carbocycles. The lowest BCUT2D eigenvalue weighted by Crippen LogP contribution is -2.50. The number of carbonyl (C=O) groups is 5. The predicted octanol–water partition coefficient (Wildman–Crippen LogP) is 10.1. The molecular formula is C75H93N6O7+. The number of Topliss-reactive ketones (excluding diaryl/α,β-unsaturated/α-hetero) is 2. The van der Waals surface area contributed by atoms with E-state index < -0.39 is 17.4 Å². The number of ketones is 2. The third kappa shape index (κ3) is 12.7. The summed E-state index contributed by atoms with van der Waals surface area (Å²) in [6, 6.07) is 31.2. The van der Waals surface area contributed by atoms with Crippen LogP contribution in [0.25, 0.3) is 17.7 Å². The summed E-state index contributed by atoms with van der Waals surface area (Å²) in [4.78, 5) is 75.5. The van der Waals surface area contributed by atoms with Gasteiger partial charge in [0, 0.05) is 118 Å². The van der Waals surface area contributed by atoms with Gasteiger partial charge in [-0.05, 0) is 150 Å². The first-order valence-electron chi connectivity index (χ1n) is 32.8. The smallest absolute Gasteiger partial charge is 0.254 e. The lowest BCUT2D eigenvalue weighted by Gasteiger charge is -2.48. The molecule has 5 aromatic carbocycles. The number of benzene rings is 5. The number of fused-ring (bicyclic) bond motifs is 6. The van der Waals surface area contributed by atoms with Crippen molar-refractivity contribution in [3.8, 4) is 0 Å². The molecule has 4 heterocycles. The zero-order valence-electron chi connectivity index (χ0n) is 53.7. The molecule has 2 N–H and O–H groups in total. The predicted molar refractivity (Wildman–Crippen MR) is 351 cm³/mol. The molecule has 13 nitrogen and oxygen atoms in total. The number of anilines is 2. The van der Waals surface area contributed by atoms with Gasteiger partial charge in [-0.3, -0.25) is 24.0 Å². The Hall–Kier alpha value is -7.06. The molecule has 0 radical (unpaired) electrons. The molecule has 1 fully saturated rings. The minimum Gasteiger partial charge on any atom is -0.379 e. The highest BCUT2D eigenvalue weighted by molar-refractivity contribution is 6.06. The van der Waals surface area contributed by atoms with Gasteiger partial charge in [0.2, 0.25) is 17.2 Å². The normalized spacial score (nSPS) is 19.4. The highest BCUT2D eigenvalue weighted by Crippen LogP contribution is 2.50. The zero-order chi connectivity index (χ0) is 62.1. The van der Waals surface area contributed by atoms with E-state index in [0.29, 0.717) is 83.2 Å². The third-order valence-electron chi connectivity index (χ3n) is 19.9. The molecule has 0 saturated heterocycles. The van der Waals surface area contributed by atoms with Gasteiger partial charge in [-0.2, -0.15) is 0 Å². The monoisotopic (exact) mass is 1190 g/mol. The number of amides is 3. The van der Waals surface area contributed by atoms with E-state index in [0.717, 1.165) is 85.3 Å². The number of hydrogen-bond acceptors (Lipinski definition) is 9. The maximum atomic E-state index is 14.9. The van der Waals surface area contributed by atoms with Gasteiger partial charge in [-0.15, -0.1) is 0 Å². The fraction of sp³-hybridized carbons (Fsp3) is 0.493. The van der Waals surface area contributed by atoms with Crippen molar-refractivity contribution in [2.45, 2.75) is 155 Å². The molecule has 0 spiro atoms. The van der Waals surface area contributed by atoms with Crippen molar-refractivity contribution < 1.29 is 33.4 Å². The topological polar surface area (TPSA) is 141 Å². The van der Waals surface area contributed by atoms with Crippen LogP contribution in [-0.4, -0.2) is 119 Å². The van der Waals surface area contributed by atoms with Crippen LogP contribution in [0.3, 0.4) is 0 Å². The molecule has 11 rings (SSSR count). The van der Waals surface area contributed by atoms with E-state index in [4.69, 9.17) is 9.47 Å². The summed E-state index contributed by atoms with van der Waals surface area (Å²) in [6.45, 7) is 24.0. The van der Waals surface area contributed by atoms with Crippen LogP contribution in [0.2, 0.25) is 0 Å². The fourth-order valence-corrected chi connectivity index (χ4v) is 15.9. The Morgan fingerprint density at radius 2 is 1.45 bits per heavy atom. The molecule has 88 heavy (non-hydrogen) atoms. The van der Waals surface area contributed by atoms with Crippen LogP contribution < -0.4 is 35.6 Å². The molecule has 464 valence electrons. The van der Waals surface area contributed by atoms with Crippen LogP contribution in [0.1, 0.15) is 185 Å². The van der Waals surface area contributed by atoms with Crippen LogP contribution in [0.4, 0.5) is 11.4 Å². The number of carbonyl (C=O) groups excluding carboxylic acids is 5. The number of hydrogen-bond donors (Lipinski definition) is 2. The number of aryl methyl sites for hydroxylation is 1. The highest BCUT2D eigenvalue weighted by atomic mass is 16.5. The average molecular weight is 1190 g/mol. The number of ether oxygens (including phenoxy) is 2. The number of rotatable bonds is 21. The molecule has 0 bridgehead atoms. The first kappa shape index (κ1) is 62.5. The van der Waals surface area contributed by atoms with Crippen LogP contribution in [0, 0.1) is 11.3 Å². The summed E-state index contributed by atoms with van der Waals surface area (Å²) in [7, 11) is 1.85. The van der Waals surface area contributed by atoms with E-state index in [1.807, 2.05) is 86.5 Å². The Labute approximate surface area is 521 Å². The van der Waals surface area contributed by atoms with Crippen molar-refractivity contribution in [3.63, 3.8) is 0 Å². The summed E-state index contributed by atoms with van der Waals surface area (Å²) in [5, 5.41) is 9.17. The van der Waals surface area contributed by atoms with E-state index in [1.165, 1.54) is 49.6 Å². The molecule has 6 aliphatic rings. The van der Waals surface area contributed by atoms with E-state index in [-0.39, 0.29) is 59.7 Å². The lowest BCUT2D eigenvalue weighted by molar-refractivity contribution is -0.141. The van der Waals surface area contributed by atoms with Gasteiger partial charge in [-0.25, -0.2) is 4.58 Å². The largest absolute Gasteiger partial charge is 0.379 e. The molecular weight excluding hydrogens is 1100 g/mol. The van der Waals surface area contributed by atoms with Gasteiger partial charge in [0.05, 0.1) is 38.0 Å². The van der Waals surface area contributed by atoms with Crippen molar-refractivity contribution in [3.05, 3.63) is 163 Å². The maximum Gasteiger partial charge on any atom is 0.254 e. The van der Waals surface area contributed by atoms with Gasteiger partial charge in [-0.1, -0.05) is 107 Å². The SMILES string of the molecule is CCN1c2cc3c(cc2C(C)CC1(C)C)C(c1ccccc1C(=O)N(C)CCCC(=O)NCCOCCOCCC(NCCC(=O)N1Cc2ccccc2/C=C\c2ccccc21)C1C(=O)CC(C)(C)CC1=O)=c1cc2c4c(c1C3(C)C)CCC[N+]=4CCC2. The Morgan fingerprint density at radius 1 is 0.761 bits per heavy atom. The minimum absolute atomic E-state index is 0.0258. The second-order valence-electron chi connectivity index (χ2n) is 27.6. The van der Waals surface area contributed by atoms with Gasteiger partial charge >= 0.3 is 0 Å². The van der Waals surface area contributed by atoms with Gasteiger partial charge in [0.1, 0.15) is 24.7 Å². The van der Waals surface area contributed by atoms with Gasteiger partial charge in [0.15, 0.2) is 0 Å². The van der Waals surface area contributed by atoms with Crippen molar-refractivity contribution in [2.24, 2.45) is 11.3 Å². The minimum atomic E-state index is -0.806. The van der Waals surface area contributed by atoms with Crippen LogP contribution >= 0.6 is 0 Å². The zero-order valence-corrected chi connectivity index (χ0v) is 53.7. The molecule has 0 aromatic heterocycles. The standard InChI is InChI=1S/C75H92N6O7/c1-10-81-63-44-60-58(43-57(63)49(2)45-74(81,5)6)68(59-42-52-23-17-36-79-37-18-26-56(71(52)79)70(59)75(60,7)8)54-24-14-15-25-55(54)72(86)78(9)35-19-28-66(84)77-34-39-88-41-40-87-38-32-61(69-64(82)46-73(3,4)47-65(69)83)76-33-31-67(85)80-48-53-22-12-11-20-50(53)29-30-51-21-13-16-27-62(51)80/h11-16,20-22,24-25,27,29-30,42-44,49,61,69,76H,10,17-19,23,26,28,31-41,45-48H2,1-9H3/p+1/b30-29-. The fourth-order valence-electron chi connectivity index (χ4n) is 15.9. The summed E-state index contributed by atoms with van der Waals surface area (Å²) >= 11 is 0. The second kappa shape index (κ2) is 26.2. The van der Waals surface area contributed by atoms with Crippen LogP contribution in [0.5, 0.6) is 0 Å². The van der Waals surface area contributed by atoms with Gasteiger partial charge in [0.25, 0.3) is 5.91 Å². The van der Waals surface area contributed by atoms with E-state index in [2.05, 4.69) is 104 Å². The molecule has 2 unspecified atom stereocenters. The summed E-state index contributed by atoms with van der Waals surface area (Å²) < 4.78 is 14.5. The number of para-hydroxylation sites is 1. The van der Waals surface area contributed by atoms with E-state index in [1.54, 1.807) is 4.90 Å². The quantitative estimate of drug-likeness (QED) is 0.0418. The average Bonchev–Trinajstić information content (AvgIpc) is 0.700. The summed E-state index contributed by atoms with van der Waals surface area (Å²) in [6.07, 6.45) is 11.6. The Kier molecular flexibility index (Phi) is 18.6. The molecule has 13 heteroatoms. The first-order valence-corrected chi connectivity index (χ1v) is 32.8. The Morgan fingerprint density at radius 3 is 2.23 bits per heavy atom. The van der Waals surface area contributed by atoms with Crippen LogP contribution in [-0.2, 0) is 53.5 Å². The molecule has 2 atom stereocenters. The molecule has 5 aromatic rings. The molecule has 2 aliphatic carbocycles. The van der Waals surface area contributed by atoms with Crippen molar-refractivity contribution in [2.75, 3.05) is 82.5 Å². The Balaban J connectivity index is 0.682. The van der Waals surface area contributed by atoms with E-state index in [9.17, 15) is 24.0 Å². The summed E-state index contributed by atoms with van der Waals surface area (Å²) in [5.74, 6) is -0.804. The van der Waals surface area contributed by atoms with Crippen molar-refractivity contribution >= 4 is 58.4 Å². The van der Waals surface area contributed by atoms with Crippen molar-refractivity contribution in [1.82, 2.24) is 20.1 Å². The Bertz CT molecular complexity index is 3670. The lowest BCUT2D eigenvalue weighted by atomic mass is 9.64. The van der Waals surface area contributed by atoms with Crippen LogP contribution in [0.15, 0.2) is 91.0 Å². The highest BCUT2D eigenvalue weighted by Gasteiger charge is 2.45. The molecule has 3 amide bonds. The van der Waals surface area contributed by atoms with Crippen molar-refractivity contribution in [1.29, 1.82) is 0 Å². The number of nitrogens with zero attached hydrogens (tertiary/aromatic N) is 4. The maximum absolute atomic E-state index is 14.9. The molecule has 4 aliphatic heterocycles.